The number of hydrogen-bond acceptors (Lipinski definition) is 7. The van der Waals surface area contributed by atoms with E-state index in [9.17, 15) is 9.59 Å². The zero-order chi connectivity index (χ0) is 25.7. The molecule has 0 aliphatic rings. The van der Waals surface area contributed by atoms with Crippen molar-refractivity contribution < 1.29 is 14.3 Å². The lowest BCUT2D eigenvalue weighted by atomic mass is 10.0. The molecule has 3 aromatic carbocycles. The monoisotopic (exact) mass is 646 g/mol. The molecule has 11 heteroatoms. The summed E-state index contributed by atoms with van der Waals surface area (Å²) in [5.74, 6) is -0.852. The number of amides is 1. The van der Waals surface area contributed by atoms with E-state index in [-0.39, 0.29) is 17.2 Å². The van der Waals surface area contributed by atoms with Crippen molar-refractivity contribution in [2.75, 3.05) is 18.2 Å². The van der Waals surface area contributed by atoms with Crippen LogP contribution in [0.1, 0.15) is 10.4 Å². The number of nitrogens with zero attached hydrogens (tertiary/aromatic N) is 3. The molecule has 0 spiro atoms. The molecule has 0 saturated carbocycles. The van der Waals surface area contributed by atoms with Crippen molar-refractivity contribution in [1.29, 1.82) is 0 Å². The fourth-order valence-electron chi connectivity index (χ4n) is 3.17. The molecule has 0 saturated heterocycles. The number of esters is 1. The number of benzene rings is 3. The highest BCUT2D eigenvalue weighted by Crippen LogP contribution is 2.31. The quantitative estimate of drug-likeness (QED) is 0.172. The van der Waals surface area contributed by atoms with Crippen molar-refractivity contribution in [2.24, 2.45) is 0 Å². The first kappa shape index (κ1) is 26.3. The van der Waals surface area contributed by atoms with Crippen LogP contribution in [0.15, 0.2) is 80.8 Å². The summed E-state index contributed by atoms with van der Waals surface area (Å²) >= 11 is 14.2. The largest absolute Gasteiger partial charge is 0.465 e. The predicted molar refractivity (Wildman–Crippen MR) is 148 cm³/mol. The van der Waals surface area contributed by atoms with Gasteiger partial charge in [0, 0.05) is 20.1 Å². The zero-order valence-corrected chi connectivity index (χ0v) is 23.4. The van der Waals surface area contributed by atoms with E-state index in [1.54, 1.807) is 0 Å². The van der Waals surface area contributed by atoms with Gasteiger partial charge in [-0.1, -0.05) is 79.5 Å². The molecule has 0 atom stereocenters. The van der Waals surface area contributed by atoms with Crippen LogP contribution in [0.25, 0.3) is 22.5 Å². The molecule has 1 amide bonds. The maximum atomic E-state index is 12.6. The number of rotatable bonds is 7. The van der Waals surface area contributed by atoms with Crippen LogP contribution in [0.5, 0.6) is 0 Å². The van der Waals surface area contributed by atoms with Crippen molar-refractivity contribution in [3.05, 3.63) is 86.3 Å². The lowest BCUT2D eigenvalue weighted by Gasteiger charge is -2.11. The Morgan fingerprint density at radius 3 is 2.14 bits per heavy atom. The normalized spacial score (nSPS) is 10.7. The third-order valence-corrected chi connectivity index (χ3v) is 7.12. The van der Waals surface area contributed by atoms with Crippen molar-refractivity contribution in [3.63, 3.8) is 0 Å². The van der Waals surface area contributed by atoms with Gasteiger partial charge in [-0.3, -0.25) is 4.79 Å². The molecule has 4 rings (SSSR count). The Bertz CT molecular complexity index is 1420. The average Bonchev–Trinajstić information content (AvgIpc) is 2.89. The second-order valence-corrected chi connectivity index (χ2v) is 10.5. The molecule has 36 heavy (non-hydrogen) atoms. The summed E-state index contributed by atoms with van der Waals surface area (Å²) in [7, 11) is 1.28. The third-order valence-electron chi connectivity index (χ3n) is 4.90. The minimum atomic E-state index is -0.526. The van der Waals surface area contributed by atoms with E-state index >= 15 is 0 Å². The van der Waals surface area contributed by atoms with Crippen molar-refractivity contribution in [3.8, 4) is 22.5 Å². The van der Waals surface area contributed by atoms with Gasteiger partial charge in [-0.25, -0.2) is 9.78 Å². The molecular formula is C25H17Br2ClN4O3S. The minimum absolute atomic E-state index is 0.0118. The van der Waals surface area contributed by atoms with Gasteiger partial charge in [0.2, 0.25) is 11.1 Å². The second kappa shape index (κ2) is 12.0. The molecule has 0 unspecified atom stereocenters. The van der Waals surface area contributed by atoms with Crippen molar-refractivity contribution in [2.45, 2.75) is 5.16 Å². The maximum Gasteiger partial charge on any atom is 0.337 e. The molecule has 0 bridgehead atoms. The van der Waals surface area contributed by atoms with E-state index in [0.717, 1.165) is 31.8 Å². The molecule has 0 aliphatic heterocycles. The molecule has 4 aromatic rings. The summed E-state index contributed by atoms with van der Waals surface area (Å²) in [6.07, 6.45) is 0. The zero-order valence-electron chi connectivity index (χ0n) is 18.7. The number of halogens is 3. The van der Waals surface area contributed by atoms with Crippen LogP contribution < -0.4 is 5.32 Å². The van der Waals surface area contributed by atoms with Gasteiger partial charge in [-0.05, 0) is 42.5 Å². The lowest BCUT2D eigenvalue weighted by molar-refractivity contribution is -0.113. The summed E-state index contributed by atoms with van der Waals surface area (Å²) in [6, 6.07) is 20.0. The first-order valence-electron chi connectivity index (χ1n) is 10.4. The van der Waals surface area contributed by atoms with Crippen LogP contribution in [0.3, 0.4) is 0 Å². The van der Waals surface area contributed by atoms with Gasteiger partial charge in [0.05, 0.1) is 29.1 Å². The number of carbonyl (C=O) groups is 2. The molecule has 0 radical (unpaired) electrons. The number of thioether (sulfide) groups is 1. The number of aromatic nitrogens is 3. The summed E-state index contributed by atoms with van der Waals surface area (Å²) < 4.78 is 6.61. The number of nitrogens with one attached hydrogen (secondary N) is 1. The van der Waals surface area contributed by atoms with E-state index in [1.807, 2.05) is 48.5 Å². The number of ether oxygens (including phenoxy) is 1. The highest BCUT2D eigenvalue weighted by molar-refractivity contribution is 9.10. The molecule has 1 aromatic heterocycles. The minimum Gasteiger partial charge on any atom is -0.465 e. The first-order chi connectivity index (χ1) is 17.3. The maximum absolute atomic E-state index is 12.6. The fourth-order valence-corrected chi connectivity index (χ4v) is 4.45. The van der Waals surface area contributed by atoms with Gasteiger partial charge in [-0.15, -0.1) is 10.2 Å². The number of hydrogen-bond donors (Lipinski definition) is 1. The molecule has 7 nitrogen and oxygen atoms in total. The Balaban J connectivity index is 1.55. The highest BCUT2D eigenvalue weighted by Gasteiger charge is 2.16. The standard InChI is InChI=1S/C25H17Br2ClN4O3S/c1-35-24(34)16-6-11-19(28)20(12-16)29-21(33)13-36-25-30-22(14-2-7-17(26)8-3-14)23(31-32-25)15-4-9-18(27)10-5-15/h2-12H,13H2,1H3,(H,29,33). The summed E-state index contributed by atoms with van der Waals surface area (Å²) in [4.78, 5) is 29.1. The molecule has 0 fully saturated rings. The van der Waals surface area contributed by atoms with Gasteiger partial charge < -0.3 is 10.1 Å². The van der Waals surface area contributed by atoms with Gasteiger partial charge >= 0.3 is 5.97 Å². The lowest BCUT2D eigenvalue weighted by Crippen LogP contribution is -2.15. The molecule has 1 heterocycles. The first-order valence-corrected chi connectivity index (χ1v) is 13.4. The van der Waals surface area contributed by atoms with Gasteiger partial charge in [-0.2, -0.15) is 0 Å². The Kier molecular flexibility index (Phi) is 8.73. The van der Waals surface area contributed by atoms with Crippen molar-refractivity contribution >= 4 is 72.8 Å². The summed E-state index contributed by atoms with van der Waals surface area (Å²) in [5.41, 5.74) is 3.60. The molecule has 182 valence electrons. The Morgan fingerprint density at radius 2 is 1.53 bits per heavy atom. The fraction of sp³-hybridized carbons (Fsp3) is 0.0800. The van der Waals surface area contributed by atoms with Crippen molar-refractivity contribution in [1.82, 2.24) is 15.2 Å². The van der Waals surface area contributed by atoms with Crippen LogP contribution in [0.2, 0.25) is 5.02 Å². The molecule has 0 aliphatic carbocycles. The smallest absolute Gasteiger partial charge is 0.337 e. The van der Waals surface area contributed by atoms with Crippen LogP contribution in [0.4, 0.5) is 5.69 Å². The number of anilines is 1. The summed E-state index contributed by atoms with van der Waals surface area (Å²) in [6.45, 7) is 0. The van der Waals surface area contributed by atoms with E-state index in [4.69, 9.17) is 21.3 Å². The van der Waals surface area contributed by atoms with Gasteiger partial charge in [0.1, 0.15) is 11.4 Å². The van der Waals surface area contributed by atoms with Crippen LogP contribution in [0, 0.1) is 0 Å². The number of carbonyl (C=O) groups excluding carboxylic acids is 2. The topological polar surface area (TPSA) is 94.1 Å². The van der Waals surface area contributed by atoms with Crippen LogP contribution in [-0.2, 0) is 9.53 Å². The van der Waals surface area contributed by atoms with E-state index in [1.165, 1.54) is 25.3 Å². The summed E-state index contributed by atoms with van der Waals surface area (Å²) in [5, 5.41) is 12.0. The van der Waals surface area contributed by atoms with Crippen LogP contribution >= 0.6 is 55.2 Å². The van der Waals surface area contributed by atoms with E-state index in [2.05, 4.69) is 47.4 Å². The Morgan fingerprint density at radius 1 is 0.917 bits per heavy atom. The highest BCUT2D eigenvalue weighted by atomic mass is 79.9. The second-order valence-electron chi connectivity index (χ2n) is 7.33. The van der Waals surface area contributed by atoms with E-state index in [0.29, 0.717) is 27.3 Å². The molecular weight excluding hydrogens is 632 g/mol. The SMILES string of the molecule is COC(=O)c1ccc(Cl)c(NC(=O)CSc2nnc(-c3ccc(Br)cc3)c(-c3ccc(Br)cc3)n2)c1. The molecule has 1 N–H and O–H groups in total. The van der Waals surface area contributed by atoms with Gasteiger partial charge in [0.25, 0.3) is 0 Å². The van der Waals surface area contributed by atoms with Crippen LogP contribution in [-0.4, -0.2) is 39.9 Å². The van der Waals surface area contributed by atoms with Gasteiger partial charge in [0.15, 0.2) is 0 Å². The Hall–Kier alpha value is -2.79. The third kappa shape index (κ3) is 6.50. The Labute approximate surface area is 233 Å². The average molecular weight is 649 g/mol. The number of methoxy groups -OCH3 is 1. The van der Waals surface area contributed by atoms with E-state index < -0.39 is 5.97 Å². The predicted octanol–water partition coefficient (Wildman–Crippen LogP) is 6.90.